The van der Waals surface area contributed by atoms with Crippen LogP contribution in [0.5, 0.6) is 5.75 Å². The van der Waals surface area contributed by atoms with Gasteiger partial charge in [-0.05, 0) is 50.5 Å². The van der Waals surface area contributed by atoms with Gasteiger partial charge in [-0.2, -0.15) is 0 Å². The summed E-state index contributed by atoms with van der Waals surface area (Å²) in [6, 6.07) is 4.25. The highest BCUT2D eigenvalue weighted by atomic mass is 35.5. The Balaban J connectivity index is 2.21. The fraction of sp³-hybridized carbons (Fsp3) is 0.400. The molecular weight excluding hydrogens is 278 g/mol. The minimum absolute atomic E-state index is 0.0538. The number of aromatic nitrogens is 1. The van der Waals surface area contributed by atoms with Gasteiger partial charge >= 0.3 is 0 Å². The van der Waals surface area contributed by atoms with E-state index in [0.717, 1.165) is 16.5 Å². The van der Waals surface area contributed by atoms with Crippen LogP contribution in [0.1, 0.15) is 40.4 Å². The molecule has 1 aromatic carbocycles. The second-order valence-electron chi connectivity index (χ2n) is 4.78. The van der Waals surface area contributed by atoms with E-state index in [-0.39, 0.29) is 6.10 Å². The zero-order valence-electron chi connectivity index (χ0n) is 11.7. The molecule has 0 saturated heterocycles. The van der Waals surface area contributed by atoms with E-state index in [4.69, 9.17) is 16.3 Å². The summed E-state index contributed by atoms with van der Waals surface area (Å²) in [6.45, 7) is 8.30. The first-order valence-electron chi connectivity index (χ1n) is 6.26. The van der Waals surface area contributed by atoms with Crippen LogP contribution in [0.15, 0.2) is 17.5 Å². The second-order valence-corrected chi connectivity index (χ2v) is 5.93. The van der Waals surface area contributed by atoms with Crippen molar-refractivity contribution in [2.24, 2.45) is 0 Å². The van der Waals surface area contributed by atoms with Crippen molar-refractivity contribution in [2.75, 3.05) is 0 Å². The third-order valence-electron chi connectivity index (χ3n) is 3.12. The van der Waals surface area contributed by atoms with Crippen molar-refractivity contribution in [3.8, 4) is 5.75 Å². The lowest BCUT2D eigenvalue weighted by Gasteiger charge is -2.16. The predicted octanol–water partition coefficient (Wildman–Crippen LogP) is 4.95. The molecule has 1 heterocycles. The normalized spacial score (nSPS) is 12.5. The van der Waals surface area contributed by atoms with Crippen LogP contribution in [-0.4, -0.2) is 4.98 Å². The summed E-state index contributed by atoms with van der Waals surface area (Å²) >= 11 is 7.37. The lowest BCUT2D eigenvalue weighted by atomic mass is 10.1. The van der Waals surface area contributed by atoms with Gasteiger partial charge < -0.3 is 4.74 Å². The summed E-state index contributed by atoms with van der Waals surface area (Å²) in [6.07, 6.45) is -0.0538. The fourth-order valence-corrected chi connectivity index (χ4v) is 2.97. The molecule has 1 unspecified atom stereocenters. The minimum Gasteiger partial charge on any atom is -0.483 e. The van der Waals surface area contributed by atoms with Crippen LogP contribution in [0.2, 0.25) is 0 Å². The molecule has 0 aliphatic rings. The summed E-state index contributed by atoms with van der Waals surface area (Å²) in [7, 11) is 0. The maximum atomic E-state index is 6.06. The average molecular weight is 296 g/mol. The molecule has 0 aliphatic heterocycles. The number of ether oxygens (including phenoxy) is 1. The Bertz CT molecular complexity index is 580. The van der Waals surface area contributed by atoms with Crippen molar-refractivity contribution in [2.45, 2.75) is 39.7 Å². The Morgan fingerprint density at radius 1 is 1.32 bits per heavy atom. The molecule has 4 heteroatoms. The first-order chi connectivity index (χ1) is 9.01. The Hall–Kier alpha value is -1.06. The summed E-state index contributed by atoms with van der Waals surface area (Å²) in [4.78, 5) is 4.46. The molecule has 0 bridgehead atoms. The quantitative estimate of drug-likeness (QED) is 0.745. The van der Waals surface area contributed by atoms with Gasteiger partial charge in [0.15, 0.2) is 0 Å². The van der Waals surface area contributed by atoms with E-state index in [1.807, 2.05) is 12.3 Å². The lowest BCUT2D eigenvalue weighted by molar-refractivity contribution is 0.224. The molecule has 0 radical (unpaired) electrons. The van der Waals surface area contributed by atoms with Crippen LogP contribution in [0.4, 0.5) is 0 Å². The number of nitrogens with zero attached hydrogens (tertiary/aromatic N) is 1. The number of hydrogen-bond donors (Lipinski definition) is 0. The summed E-state index contributed by atoms with van der Waals surface area (Å²) in [5, 5.41) is 2.95. The molecule has 19 heavy (non-hydrogen) atoms. The first kappa shape index (κ1) is 14.4. The van der Waals surface area contributed by atoms with E-state index in [0.29, 0.717) is 5.88 Å². The summed E-state index contributed by atoms with van der Waals surface area (Å²) < 4.78 is 6.06. The smallest absolute Gasteiger partial charge is 0.147 e. The first-order valence-corrected chi connectivity index (χ1v) is 7.67. The molecule has 2 aromatic rings. The lowest BCUT2D eigenvalue weighted by Crippen LogP contribution is -2.05. The molecule has 0 spiro atoms. The van der Waals surface area contributed by atoms with Gasteiger partial charge in [0.2, 0.25) is 0 Å². The number of rotatable bonds is 4. The largest absolute Gasteiger partial charge is 0.483 e. The average Bonchev–Trinajstić information content (AvgIpc) is 2.84. The van der Waals surface area contributed by atoms with E-state index < -0.39 is 0 Å². The highest BCUT2D eigenvalue weighted by molar-refractivity contribution is 7.09. The van der Waals surface area contributed by atoms with Crippen molar-refractivity contribution in [1.82, 2.24) is 4.98 Å². The Labute approximate surface area is 123 Å². The van der Waals surface area contributed by atoms with E-state index in [1.165, 1.54) is 16.7 Å². The molecule has 0 aliphatic carbocycles. The van der Waals surface area contributed by atoms with Gasteiger partial charge in [-0.3, -0.25) is 0 Å². The molecule has 0 fully saturated rings. The Kier molecular flexibility index (Phi) is 4.48. The monoisotopic (exact) mass is 295 g/mol. The van der Waals surface area contributed by atoms with E-state index in [1.54, 1.807) is 11.3 Å². The van der Waals surface area contributed by atoms with Crippen molar-refractivity contribution >= 4 is 22.9 Å². The molecule has 0 amide bonds. The molecule has 0 N–H and O–H groups in total. The van der Waals surface area contributed by atoms with E-state index >= 15 is 0 Å². The van der Waals surface area contributed by atoms with E-state index in [9.17, 15) is 0 Å². The van der Waals surface area contributed by atoms with Crippen LogP contribution in [0, 0.1) is 20.8 Å². The molecule has 2 rings (SSSR count). The van der Waals surface area contributed by atoms with Crippen LogP contribution >= 0.6 is 22.9 Å². The van der Waals surface area contributed by atoms with Crippen LogP contribution < -0.4 is 4.74 Å². The summed E-state index contributed by atoms with van der Waals surface area (Å²) in [5.41, 5.74) is 4.56. The van der Waals surface area contributed by atoms with Gasteiger partial charge in [0.25, 0.3) is 0 Å². The zero-order chi connectivity index (χ0) is 14.0. The van der Waals surface area contributed by atoms with Crippen LogP contribution in [0.25, 0.3) is 0 Å². The van der Waals surface area contributed by atoms with Crippen molar-refractivity contribution in [3.63, 3.8) is 0 Å². The standard InChI is InChI=1S/C15H18ClNOS/c1-9-5-10(2)11(3)14(6-9)18-12(4)15-17-13(7-16)8-19-15/h5-6,8,12H,7H2,1-4H3. The van der Waals surface area contributed by atoms with Gasteiger partial charge in [-0.15, -0.1) is 22.9 Å². The molecule has 0 saturated carbocycles. The molecular formula is C15H18ClNOS. The molecule has 1 aromatic heterocycles. The van der Waals surface area contributed by atoms with Crippen LogP contribution in [-0.2, 0) is 5.88 Å². The maximum absolute atomic E-state index is 6.06. The number of halogens is 1. The third-order valence-corrected chi connectivity index (χ3v) is 4.45. The Morgan fingerprint density at radius 2 is 2.05 bits per heavy atom. The van der Waals surface area contributed by atoms with E-state index in [2.05, 4.69) is 37.9 Å². The molecule has 102 valence electrons. The second kappa shape index (κ2) is 5.93. The van der Waals surface area contributed by atoms with Crippen molar-refractivity contribution < 1.29 is 4.74 Å². The van der Waals surface area contributed by atoms with Crippen molar-refractivity contribution in [3.05, 3.63) is 44.9 Å². The zero-order valence-corrected chi connectivity index (χ0v) is 13.2. The number of benzene rings is 1. The number of aryl methyl sites for hydroxylation is 2. The van der Waals surface area contributed by atoms with Crippen LogP contribution in [0.3, 0.4) is 0 Å². The van der Waals surface area contributed by atoms with Gasteiger partial charge in [0.1, 0.15) is 16.9 Å². The molecule has 1 atom stereocenters. The third kappa shape index (κ3) is 3.28. The number of hydrogen-bond acceptors (Lipinski definition) is 3. The number of thiazole rings is 1. The minimum atomic E-state index is -0.0538. The van der Waals surface area contributed by atoms with Gasteiger partial charge in [-0.25, -0.2) is 4.98 Å². The highest BCUT2D eigenvalue weighted by Gasteiger charge is 2.14. The SMILES string of the molecule is Cc1cc(C)c(C)c(OC(C)c2nc(CCl)cs2)c1. The maximum Gasteiger partial charge on any atom is 0.147 e. The van der Waals surface area contributed by atoms with Gasteiger partial charge in [0, 0.05) is 5.38 Å². The Morgan fingerprint density at radius 3 is 2.68 bits per heavy atom. The van der Waals surface area contributed by atoms with Gasteiger partial charge in [0.05, 0.1) is 11.6 Å². The fourth-order valence-electron chi connectivity index (χ4n) is 1.93. The van der Waals surface area contributed by atoms with Crippen molar-refractivity contribution in [1.29, 1.82) is 0 Å². The number of alkyl halides is 1. The van der Waals surface area contributed by atoms with Gasteiger partial charge in [-0.1, -0.05) is 6.07 Å². The predicted molar refractivity (Wildman–Crippen MR) is 81.4 cm³/mol. The highest BCUT2D eigenvalue weighted by Crippen LogP contribution is 2.29. The molecule has 2 nitrogen and oxygen atoms in total. The summed E-state index contributed by atoms with van der Waals surface area (Å²) in [5.74, 6) is 1.39. The topological polar surface area (TPSA) is 22.1 Å².